The lowest BCUT2D eigenvalue weighted by atomic mass is 9.96. The monoisotopic (exact) mass is 374 g/mol. The molecular formula is C14H23IN4. The number of rotatable bonds is 3. The number of hydrogen-bond acceptors (Lipinski definition) is 2. The Balaban J connectivity index is 0.00000180. The summed E-state index contributed by atoms with van der Waals surface area (Å²) in [6.45, 7) is 2.60. The summed E-state index contributed by atoms with van der Waals surface area (Å²) in [5.41, 5.74) is 8.06. The number of aliphatic imine (C=N–C) groups is 1. The summed E-state index contributed by atoms with van der Waals surface area (Å²) < 4.78 is 0. The maximum atomic E-state index is 5.91. The van der Waals surface area contributed by atoms with Crippen molar-refractivity contribution < 1.29 is 0 Å². The van der Waals surface area contributed by atoms with Gasteiger partial charge in [0.1, 0.15) is 0 Å². The van der Waals surface area contributed by atoms with Crippen LogP contribution in [0.3, 0.4) is 0 Å². The van der Waals surface area contributed by atoms with Crippen LogP contribution in [-0.4, -0.2) is 17.0 Å². The van der Waals surface area contributed by atoms with Crippen LogP contribution in [0.4, 0.5) is 0 Å². The number of nitrogens with one attached hydrogen (secondary N) is 1. The van der Waals surface area contributed by atoms with E-state index in [1.54, 1.807) is 6.20 Å². The first-order valence-corrected chi connectivity index (χ1v) is 6.72. The normalized spacial score (nSPS) is 16.8. The standard InChI is InChI=1S/C14H22N4.HI/c1-11-6-5-9-16-13(11)10-17-14(15)18-12-7-3-2-4-8-12;/h5-6,9,12H,2-4,7-8,10H2,1H3,(H3,15,17,18);1H. The highest BCUT2D eigenvalue weighted by atomic mass is 127. The molecule has 1 aromatic rings. The van der Waals surface area contributed by atoms with Crippen LogP contribution in [0.1, 0.15) is 43.4 Å². The predicted octanol–water partition coefficient (Wildman–Crippen LogP) is 2.75. The van der Waals surface area contributed by atoms with E-state index in [0.29, 0.717) is 18.5 Å². The van der Waals surface area contributed by atoms with Gasteiger partial charge in [0.2, 0.25) is 0 Å². The topological polar surface area (TPSA) is 63.3 Å². The number of halogens is 1. The van der Waals surface area contributed by atoms with Crippen molar-refractivity contribution in [3.63, 3.8) is 0 Å². The number of aromatic nitrogens is 1. The molecule has 1 aliphatic carbocycles. The van der Waals surface area contributed by atoms with Gasteiger partial charge in [-0.2, -0.15) is 0 Å². The quantitative estimate of drug-likeness (QED) is 0.486. The largest absolute Gasteiger partial charge is 0.370 e. The van der Waals surface area contributed by atoms with Crippen LogP contribution in [0.15, 0.2) is 23.3 Å². The molecule has 1 saturated carbocycles. The number of pyridine rings is 1. The molecule has 0 radical (unpaired) electrons. The van der Waals surface area contributed by atoms with Crippen LogP contribution in [0.5, 0.6) is 0 Å². The molecule has 2 rings (SSSR count). The van der Waals surface area contributed by atoms with Crippen LogP contribution in [0, 0.1) is 6.92 Å². The Morgan fingerprint density at radius 1 is 1.42 bits per heavy atom. The summed E-state index contributed by atoms with van der Waals surface area (Å²) in [5.74, 6) is 0.548. The smallest absolute Gasteiger partial charge is 0.189 e. The fourth-order valence-corrected chi connectivity index (χ4v) is 2.35. The number of hydrogen-bond donors (Lipinski definition) is 2. The van der Waals surface area contributed by atoms with Gasteiger partial charge < -0.3 is 11.1 Å². The van der Waals surface area contributed by atoms with Gasteiger partial charge >= 0.3 is 0 Å². The number of nitrogens with two attached hydrogens (primary N) is 1. The van der Waals surface area contributed by atoms with E-state index in [4.69, 9.17) is 5.73 Å². The Morgan fingerprint density at radius 2 is 2.16 bits per heavy atom. The zero-order valence-electron chi connectivity index (χ0n) is 11.4. The molecule has 0 amide bonds. The van der Waals surface area contributed by atoms with E-state index in [-0.39, 0.29) is 24.0 Å². The minimum Gasteiger partial charge on any atom is -0.370 e. The van der Waals surface area contributed by atoms with Crippen molar-refractivity contribution in [1.29, 1.82) is 0 Å². The van der Waals surface area contributed by atoms with Gasteiger partial charge in [0, 0.05) is 12.2 Å². The molecule has 19 heavy (non-hydrogen) atoms. The second kappa shape index (κ2) is 8.35. The highest BCUT2D eigenvalue weighted by Crippen LogP contribution is 2.17. The van der Waals surface area contributed by atoms with E-state index >= 15 is 0 Å². The van der Waals surface area contributed by atoms with E-state index in [9.17, 15) is 0 Å². The molecule has 0 saturated heterocycles. The third-order valence-electron chi connectivity index (χ3n) is 3.47. The second-order valence-electron chi connectivity index (χ2n) is 4.95. The molecule has 0 atom stereocenters. The predicted molar refractivity (Wildman–Crippen MR) is 89.7 cm³/mol. The maximum absolute atomic E-state index is 5.91. The molecule has 1 heterocycles. The van der Waals surface area contributed by atoms with Gasteiger partial charge in [0.15, 0.2) is 5.96 Å². The third-order valence-corrected chi connectivity index (χ3v) is 3.47. The molecular weight excluding hydrogens is 351 g/mol. The second-order valence-corrected chi connectivity index (χ2v) is 4.95. The lowest BCUT2D eigenvalue weighted by Gasteiger charge is -2.23. The van der Waals surface area contributed by atoms with Gasteiger partial charge in [0.05, 0.1) is 12.2 Å². The van der Waals surface area contributed by atoms with Crippen LogP contribution >= 0.6 is 24.0 Å². The van der Waals surface area contributed by atoms with Crippen molar-refractivity contribution in [3.8, 4) is 0 Å². The molecule has 3 N–H and O–H groups in total. The fourth-order valence-electron chi connectivity index (χ4n) is 2.35. The Labute approximate surface area is 132 Å². The molecule has 0 aromatic carbocycles. The number of aryl methyl sites for hydroxylation is 1. The fraction of sp³-hybridized carbons (Fsp3) is 0.571. The molecule has 106 valence electrons. The van der Waals surface area contributed by atoms with Gasteiger partial charge in [0.25, 0.3) is 0 Å². The summed E-state index contributed by atoms with van der Waals surface area (Å²) >= 11 is 0. The maximum Gasteiger partial charge on any atom is 0.189 e. The first kappa shape index (κ1) is 16.2. The average Bonchev–Trinajstić information content (AvgIpc) is 2.39. The van der Waals surface area contributed by atoms with Crippen molar-refractivity contribution in [2.24, 2.45) is 10.7 Å². The van der Waals surface area contributed by atoms with Gasteiger partial charge in [-0.3, -0.25) is 4.98 Å². The SMILES string of the molecule is Cc1cccnc1CN=C(N)NC1CCCCC1.I. The Bertz CT molecular complexity index is 414. The van der Waals surface area contributed by atoms with Crippen molar-refractivity contribution in [2.45, 2.75) is 51.6 Å². The van der Waals surface area contributed by atoms with Crippen LogP contribution in [0.2, 0.25) is 0 Å². The average molecular weight is 374 g/mol. The van der Waals surface area contributed by atoms with Crippen molar-refractivity contribution in [3.05, 3.63) is 29.6 Å². The number of nitrogens with zero attached hydrogens (tertiary/aromatic N) is 2. The van der Waals surface area contributed by atoms with E-state index in [2.05, 4.69) is 15.3 Å². The van der Waals surface area contributed by atoms with E-state index in [1.165, 1.54) is 32.1 Å². The Kier molecular flexibility index (Phi) is 7.12. The zero-order valence-corrected chi connectivity index (χ0v) is 13.8. The van der Waals surface area contributed by atoms with Crippen molar-refractivity contribution in [1.82, 2.24) is 10.3 Å². The van der Waals surface area contributed by atoms with E-state index in [1.807, 2.05) is 19.1 Å². The van der Waals surface area contributed by atoms with Gasteiger partial charge in [-0.1, -0.05) is 25.3 Å². The first-order valence-electron chi connectivity index (χ1n) is 6.72. The summed E-state index contributed by atoms with van der Waals surface area (Å²) in [5, 5.41) is 3.31. The minimum absolute atomic E-state index is 0. The summed E-state index contributed by atoms with van der Waals surface area (Å²) in [6, 6.07) is 4.49. The lowest BCUT2D eigenvalue weighted by Crippen LogP contribution is -2.41. The van der Waals surface area contributed by atoms with E-state index < -0.39 is 0 Å². The van der Waals surface area contributed by atoms with Crippen LogP contribution in [0.25, 0.3) is 0 Å². The first-order chi connectivity index (χ1) is 8.75. The number of guanidine groups is 1. The highest BCUT2D eigenvalue weighted by Gasteiger charge is 2.13. The highest BCUT2D eigenvalue weighted by molar-refractivity contribution is 14.0. The summed E-state index contributed by atoms with van der Waals surface area (Å²) in [6.07, 6.45) is 8.15. The molecule has 4 nitrogen and oxygen atoms in total. The molecule has 0 bridgehead atoms. The molecule has 1 aromatic heterocycles. The van der Waals surface area contributed by atoms with Crippen molar-refractivity contribution >= 4 is 29.9 Å². The summed E-state index contributed by atoms with van der Waals surface area (Å²) in [4.78, 5) is 8.68. The summed E-state index contributed by atoms with van der Waals surface area (Å²) in [7, 11) is 0. The van der Waals surface area contributed by atoms with E-state index in [0.717, 1.165) is 11.3 Å². The molecule has 0 spiro atoms. The van der Waals surface area contributed by atoms with Gasteiger partial charge in [-0.25, -0.2) is 4.99 Å². The van der Waals surface area contributed by atoms with Gasteiger partial charge in [-0.15, -0.1) is 24.0 Å². The van der Waals surface area contributed by atoms with Crippen LogP contribution < -0.4 is 11.1 Å². The molecule has 5 heteroatoms. The van der Waals surface area contributed by atoms with Crippen molar-refractivity contribution in [2.75, 3.05) is 0 Å². The molecule has 1 fully saturated rings. The Morgan fingerprint density at radius 3 is 2.84 bits per heavy atom. The molecule has 0 aliphatic heterocycles. The molecule has 0 unspecified atom stereocenters. The molecule has 1 aliphatic rings. The minimum atomic E-state index is 0. The van der Waals surface area contributed by atoms with Gasteiger partial charge in [-0.05, 0) is 31.4 Å². The lowest BCUT2D eigenvalue weighted by molar-refractivity contribution is 0.412. The van der Waals surface area contributed by atoms with Crippen LogP contribution in [-0.2, 0) is 6.54 Å². The Hall–Kier alpha value is -0.850. The third kappa shape index (κ3) is 5.34. The zero-order chi connectivity index (χ0) is 12.8.